The number of alkyl carbamates (subject to hydrolysis) is 1. The van der Waals surface area contributed by atoms with Gasteiger partial charge in [0.25, 0.3) is 20.7 Å². The fourth-order valence-corrected chi connectivity index (χ4v) is 12.4. The molecule has 0 aliphatic carbocycles. The molecule has 0 bridgehead atoms. The smallest absolute Gasteiger partial charge is 0.407 e. The van der Waals surface area contributed by atoms with Gasteiger partial charge < -0.3 is 29.0 Å². The molecule has 14 nitrogen and oxygen atoms in total. The summed E-state index contributed by atoms with van der Waals surface area (Å²) in [5.41, 5.74) is 17.3. The van der Waals surface area contributed by atoms with Crippen LogP contribution in [0.3, 0.4) is 0 Å². The molecule has 0 aliphatic heterocycles. The molecule has 11 aromatic carbocycles. The van der Waals surface area contributed by atoms with Gasteiger partial charge in [-0.15, -0.1) is 0 Å². The van der Waals surface area contributed by atoms with E-state index in [1.807, 2.05) is 185 Å². The van der Waals surface area contributed by atoms with Crippen molar-refractivity contribution in [2.24, 2.45) is 25.0 Å². The van der Waals surface area contributed by atoms with Gasteiger partial charge in [0.15, 0.2) is 0 Å². The summed E-state index contributed by atoms with van der Waals surface area (Å²) in [5.74, 6) is 15.1. The molecule has 11 aromatic rings. The topological polar surface area (TPSA) is 144 Å². The van der Waals surface area contributed by atoms with Gasteiger partial charge in [-0.2, -0.15) is 0 Å². The van der Waals surface area contributed by atoms with Gasteiger partial charge >= 0.3 is 6.09 Å². The van der Waals surface area contributed by atoms with Gasteiger partial charge in [-0.3, -0.25) is 0 Å². The molecular weight excluding hydrogens is 1640 g/mol. The number of amides is 1. The molecule has 1 amide bonds. The lowest BCUT2D eigenvalue weighted by molar-refractivity contribution is 0.0528. The Morgan fingerprint density at radius 2 is 0.640 bits per heavy atom. The molecule has 1 N–H and O–H groups in total. The largest absolute Gasteiger partial charge is 0.444 e. The maximum absolute atomic E-state index is 11.5. The molecule has 0 aliphatic rings. The molecule has 646 valence electrons. The standard InChI is InChI=1S/C23H20ClNO2S2.C22H19NO2S2.C16H22N2O2.C12H15N.3C11H13N/c1-3-17-6-10-19(11-7-17)25(22(28)26-20-12-4-16(2)5-13-20)23(29)27-21-14-8-18(24)9-15-21;1-2-17-13-15-18(16-14-17)23(21(26)24-19-9-5-3-6-10-19)22(27)25-20-11-7-4-8-12-20;1-5-17-12-14-8-6-13(7-9-14)10-11-18-15(19)20-16(2,3)4;1-3-6-11-7-5-8-12(9-11)10-13-4-2;2*1-3-10-5-7-11(8-6-10)9-12-4-2;1-3-10-6-5-7-11(8-10)9-12-4-2/h4-15H,3H2,1-2H3;3-16H,2H2,1H3;6-9H,1,10-12H2,2-4H3,(H,18,19);5,7-9H,2-3,6,10H2,1H3;3*5-8H,2-3,9H2,1H3. The van der Waals surface area contributed by atoms with Crippen LogP contribution in [0.1, 0.15) is 141 Å². The van der Waals surface area contributed by atoms with Crippen LogP contribution in [0.25, 0.3) is 0 Å². The maximum atomic E-state index is 11.5. The number of halogens is 1. The molecule has 0 heterocycles. The number of hydrogen-bond donors (Lipinski definition) is 1. The van der Waals surface area contributed by atoms with Gasteiger partial charge in [0, 0.05) is 11.6 Å². The third kappa shape index (κ3) is 42.4. The third-order valence-electron chi connectivity index (χ3n) is 17.8. The normalized spacial score (nSPS) is 9.85. The zero-order valence-electron chi connectivity index (χ0n) is 73.6. The molecule has 11 rings (SSSR count). The number of thiocarbonyl (C=S) groups is 4. The van der Waals surface area contributed by atoms with E-state index in [-0.39, 0.29) is 26.8 Å². The fourth-order valence-electron chi connectivity index (χ4n) is 11.1. The van der Waals surface area contributed by atoms with Crippen LogP contribution in [0.2, 0.25) is 5.02 Å². The Morgan fingerprint density at radius 1 is 0.352 bits per heavy atom. The van der Waals surface area contributed by atoms with Crippen molar-refractivity contribution in [2.45, 2.75) is 159 Å². The van der Waals surface area contributed by atoms with Crippen LogP contribution in [0.4, 0.5) is 16.2 Å². The van der Waals surface area contributed by atoms with Gasteiger partial charge in [-0.25, -0.2) is 39.6 Å². The minimum absolute atomic E-state index is 0.161. The lowest BCUT2D eigenvalue weighted by Gasteiger charge is -2.25. The highest BCUT2D eigenvalue weighted by molar-refractivity contribution is 7.82. The highest BCUT2D eigenvalue weighted by Gasteiger charge is 2.24. The predicted octanol–water partition coefficient (Wildman–Crippen LogP) is 26.4. The Balaban J connectivity index is 0.000000267. The van der Waals surface area contributed by atoms with Gasteiger partial charge in [0.05, 0.1) is 44.1 Å². The SMILES string of the molecule is C=C=NCc1ccc(CC)cc1.C=C=NCc1ccc(CC)cc1.C=C=NCc1ccc(CCNC(=O)OC(C)(C)C)cc1.C=C=NCc1cccc(CC)c1.C=C=NCc1cccc(CCC)c1.CCc1ccc(N(C(=S)Oc2ccc(C)cc2)C(=S)Oc2ccc(Cl)cc2)cc1.CCc1ccc(N(C(=S)Oc2ccccc2)C(=S)Oc2ccccc2)cc1. The molecule has 125 heavy (non-hydrogen) atoms. The highest BCUT2D eigenvalue weighted by atomic mass is 35.5. The number of rotatable bonds is 26. The number of aryl methyl sites for hydroxylation is 7. The zero-order chi connectivity index (χ0) is 90.8. The lowest BCUT2D eigenvalue weighted by atomic mass is 10.1. The van der Waals surface area contributed by atoms with Crippen LogP contribution < -0.4 is 34.1 Å². The van der Waals surface area contributed by atoms with Crippen LogP contribution in [0.15, 0.2) is 337 Å². The number of nitrogens with zero attached hydrogens (tertiary/aromatic N) is 7. The first-order valence-corrected chi connectivity index (χ1v) is 43.4. The number of nitrogens with one attached hydrogen (secondary N) is 1. The summed E-state index contributed by atoms with van der Waals surface area (Å²) in [6, 6.07) is 91.3. The summed E-state index contributed by atoms with van der Waals surface area (Å²) in [6.07, 6.45) is 7.87. The van der Waals surface area contributed by atoms with Crippen molar-refractivity contribution in [1.29, 1.82) is 0 Å². The molecule has 0 fully saturated rings. The average Bonchev–Trinajstić information content (AvgIpc) is 0.827. The zero-order valence-corrected chi connectivity index (χ0v) is 77.6. The number of carbonyl (C=O) groups excluding carboxylic acids is 1. The van der Waals surface area contributed by atoms with Crippen LogP contribution in [0.5, 0.6) is 23.0 Å². The van der Waals surface area contributed by atoms with E-state index in [9.17, 15) is 4.79 Å². The Labute approximate surface area is 768 Å². The van der Waals surface area contributed by atoms with E-state index in [0.29, 0.717) is 67.3 Å². The van der Waals surface area contributed by atoms with Crippen LogP contribution >= 0.6 is 60.5 Å². The minimum Gasteiger partial charge on any atom is -0.444 e. The predicted molar refractivity (Wildman–Crippen MR) is 541 cm³/mol. The summed E-state index contributed by atoms with van der Waals surface area (Å²) in [6.45, 7) is 41.4. The number of benzene rings is 11. The maximum Gasteiger partial charge on any atom is 0.407 e. The second-order valence-corrected chi connectivity index (χ2v) is 30.4. The molecular formula is C106H115ClN8O6S4. The van der Waals surface area contributed by atoms with E-state index in [2.05, 4.69) is 231 Å². The molecule has 0 atom stereocenters. The van der Waals surface area contributed by atoms with E-state index in [4.69, 9.17) is 84.2 Å². The first-order chi connectivity index (χ1) is 60.5. The number of anilines is 2. The van der Waals surface area contributed by atoms with Crippen molar-refractivity contribution in [3.8, 4) is 23.0 Å². The number of carbonyl (C=O) groups is 1. The quantitative estimate of drug-likeness (QED) is 0.0407. The summed E-state index contributed by atoms with van der Waals surface area (Å²) < 4.78 is 28.6. The molecule has 0 aromatic heterocycles. The number of aliphatic imine (C=N–C) groups is 5. The van der Waals surface area contributed by atoms with E-state index in [0.717, 1.165) is 73.0 Å². The van der Waals surface area contributed by atoms with Crippen LogP contribution in [-0.4, -0.2) is 68.3 Å². The first-order valence-electron chi connectivity index (χ1n) is 41.4. The Kier molecular flexibility index (Phi) is 49.4. The number of para-hydroxylation sites is 2. The molecule has 19 heteroatoms. The highest BCUT2D eigenvalue weighted by Crippen LogP contribution is 2.26. The lowest BCUT2D eigenvalue weighted by Crippen LogP contribution is -2.40. The second kappa shape index (κ2) is 60.0. The van der Waals surface area contributed by atoms with Gasteiger partial charge in [-0.1, -0.05) is 259 Å². The molecule has 0 spiro atoms. The Bertz CT molecular complexity index is 5160. The van der Waals surface area contributed by atoms with Crippen molar-refractivity contribution in [2.75, 3.05) is 16.3 Å². The first kappa shape index (κ1) is 103. The second-order valence-electron chi connectivity index (χ2n) is 28.5. The summed E-state index contributed by atoms with van der Waals surface area (Å²) in [4.78, 5) is 34.4. The fraction of sp³-hybridized carbons (Fsp3) is 0.236. The van der Waals surface area contributed by atoms with Crippen LogP contribution in [0, 0.1) is 6.92 Å². The van der Waals surface area contributed by atoms with E-state index in [1.165, 1.54) is 62.1 Å². The van der Waals surface area contributed by atoms with Gasteiger partial charge in [0.1, 0.15) is 28.6 Å². The number of hydrogen-bond acceptors (Lipinski definition) is 15. The van der Waals surface area contributed by atoms with Crippen molar-refractivity contribution in [3.05, 3.63) is 389 Å². The van der Waals surface area contributed by atoms with Crippen molar-refractivity contribution >= 4 is 128 Å². The Hall–Kier alpha value is -12.6. The Morgan fingerprint density at radius 3 is 0.968 bits per heavy atom. The van der Waals surface area contributed by atoms with Crippen LogP contribution in [-0.2, 0) is 82.4 Å². The van der Waals surface area contributed by atoms with E-state index < -0.39 is 5.60 Å². The monoisotopic (exact) mass is 1760 g/mol. The van der Waals surface area contributed by atoms with Crippen molar-refractivity contribution in [3.63, 3.8) is 0 Å². The van der Waals surface area contributed by atoms with Crippen molar-refractivity contribution in [1.82, 2.24) is 5.32 Å². The molecule has 0 unspecified atom stereocenters. The summed E-state index contributed by atoms with van der Waals surface area (Å²) in [7, 11) is 0. The van der Waals surface area contributed by atoms with Gasteiger partial charge in [0.2, 0.25) is 0 Å². The molecule has 0 saturated carbocycles. The molecule has 0 radical (unpaired) electrons. The third-order valence-corrected chi connectivity index (χ3v) is 19.2. The van der Waals surface area contributed by atoms with E-state index >= 15 is 0 Å². The average molecular weight is 1760 g/mol. The summed E-state index contributed by atoms with van der Waals surface area (Å²) in [5, 5.41) is 4.10. The molecule has 0 saturated heterocycles. The number of ether oxygens (including phenoxy) is 5. The summed E-state index contributed by atoms with van der Waals surface area (Å²) >= 11 is 28.1. The van der Waals surface area contributed by atoms with Gasteiger partial charge in [-0.05, 0) is 335 Å². The van der Waals surface area contributed by atoms with Crippen molar-refractivity contribution < 1.29 is 28.5 Å². The minimum atomic E-state index is -0.461. The van der Waals surface area contributed by atoms with E-state index in [1.54, 1.807) is 34.1 Å².